The minimum absolute atomic E-state index is 0.00853. The molecule has 2 N–H and O–H groups in total. The Balaban J connectivity index is 2.08. The van der Waals surface area contributed by atoms with Crippen molar-refractivity contribution in [1.82, 2.24) is 5.32 Å². The third-order valence-corrected chi connectivity index (χ3v) is 3.68. The molecule has 1 saturated heterocycles. The number of aryl methyl sites for hydroxylation is 1. The van der Waals surface area contributed by atoms with Crippen LogP contribution in [-0.2, 0) is 14.4 Å². The van der Waals surface area contributed by atoms with Crippen molar-refractivity contribution < 1.29 is 23.9 Å². The average molecular weight is 308 g/mol. The summed E-state index contributed by atoms with van der Waals surface area (Å²) in [6.07, 6.45) is 0.00853. The van der Waals surface area contributed by atoms with E-state index in [0.29, 0.717) is 11.3 Å². The molecule has 1 aromatic rings. The van der Waals surface area contributed by atoms with Gasteiger partial charge in [0, 0.05) is 18.7 Å². The molecule has 0 aliphatic carbocycles. The predicted octanol–water partition coefficient (Wildman–Crippen LogP) is 1.08. The third kappa shape index (κ3) is 3.24. The van der Waals surface area contributed by atoms with Gasteiger partial charge in [-0.2, -0.15) is 0 Å². The van der Waals surface area contributed by atoms with Crippen LogP contribution in [0.15, 0.2) is 18.2 Å². The second-order valence-corrected chi connectivity index (χ2v) is 5.41. The largest absolute Gasteiger partial charge is 0.480 e. The summed E-state index contributed by atoms with van der Waals surface area (Å²) in [6.45, 7) is 3.11. The number of nitrogens with one attached hydrogen (secondary N) is 1. The van der Waals surface area contributed by atoms with Crippen LogP contribution in [0.2, 0.25) is 0 Å². The quantitative estimate of drug-likeness (QED) is 0.871. The van der Waals surface area contributed by atoms with Crippen molar-refractivity contribution in [3.05, 3.63) is 29.6 Å². The van der Waals surface area contributed by atoms with Crippen LogP contribution in [0.1, 0.15) is 18.9 Å². The van der Waals surface area contributed by atoms with Gasteiger partial charge in [0.15, 0.2) is 0 Å². The van der Waals surface area contributed by atoms with E-state index < -0.39 is 23.8 Å². The molecule has 1 aromatic carbocycles. The molecule has 22 heavy (non-hydrogen) atoms. The monoisotopic (exact) mass is 308 g/mol. The van der Waals surface area contributed by atoms with Gasteiger partial charge in [-0.05, 0) is 37.6 Å². The zero-order valence-electron chi connectivity index (χ0n) is 12.3. The van der Waals surface area contributed by atoms with Crippen LogP contribution in [0.5, 0.6) is 0 Å². The fourth-order valence-corrected chi connectivity index (χ4v) is 2.32. The second-order valence-electron chi connectivity index (χ2n) is 5.41. The van der Waals surface area contributed by atoms with Gasteiger partial charge in [0.05, 0.1) is 5.92 Å². The number of amides is 2. The van der Waals surface area contributed by atoms with E-state index in [4.69, 9.17) is 5.11 Å². The van der Waals surface area contributed by atoms with E-state index in [-0.39, 0.29) is 24.7 Å². The normalized spacial score (nSPS) is 19.1. The first kappa shape index (κ1) is 15.9. The Hall–Kier alpha value is -2.44. The van der Waals surface area contributed by atoms with Gasteiger partial charge in [0.1, 0.15) is 11.9 Å². The molecule has 6 nitrogen and oxygen atoms in total. The van der Waals surface area contributed by atoms with Gasteiger partial charge < -0.3 is 15.3 Å². The number of nitrogens with zero attached hydrogens (tertiary/aromatic N) is 1. The van der Waals surface area contributed by atoms with Crippen LogP contribution in [0.25, 0.3) is 0 Å². The first-order valence-corrected chi connectivity index (χ1v) is 6.89. The second kappa shape index (κ2) is 6.13. The highest BCUT2D eigenvalue weighted by Gasteiger charge is 2.36. The summed E-state index contributed by atoms with van der Waals surface area (Å²) in [5.41, 5.74) is 0.947. The number of benzene rings is 1. The summed E-state index contributed by atoms with van der Waals surface area (Å²) in [5, 5.41) is 11.1. The number of aliphatic carboxylic acids is 1. The van der Waals surface area contributed by atoms with E-state index in [2.05, 4.69) is 5.32 Å². The highest BCUT2D eigenvalue weighted by Crippen LogP contribution is 2.26. The lowest BCUT2D eigenvalue weighted by Gasteiger charge is -2.18. The number of anilines is 1. The van der Waals surface area contributed by atoms with Crippen LogP contribution in [0.4, 0.5) is 10.1 Å². The van der Waals surface area contributed by atoms with Crippen LogP contribution < -0.4 is 10.2 Å². The molecule has 1 fully saturated rings. The smallest absolute Gasteiger partial charge is 0.325 e. The number of carboxylic acids is 1. The molecule has 0 saturated carbocycles. The van der Waals surface area contributed by atoms with Crippen molar-refractivity contribution in [2.45, 2.75) is 26.3 Å². The number of carbonyl (C=O) groups is 3. The Morgan fingerprint density at radius 2 is 2.14 bits per heavy atom. The molecule has 7 heteroatoms. The van der Waals surface area contributed by atoms with Gasteiger partial charge in [0.25, 0.3) is 0 Å². The van der Waals surface area contributed by atoms with Gasteiger partial charge in [-0.1, -0.05) is 0 Å². The maximum atomic E-state index is 13.3. The van der Waals surface area contributed by atoms with E-state index in [1.807, 2.05) is 0 Å². The Morgan fingerprint density at radius 1 is 1.45 bits per heavy atom. The Bertz CT molecular complexity index is 632. The molecule has 2 unspecified atom stereocenters. The maximum Gasteiger partial charge on any atom is 0.325 e. The molecule has 2 atom stereocenters. The molecule has 1 heterocycles. The van der Waals surface area contributed by atoms with Gasteiger partial charge in [0.2, 0.25) is 11.8 Å². The summed E-state index contributed by atoms with van der Waals surface area (Å²) >= 11 is 0. The first-order chi connectivity index (χ1) is 10.3. The highest BCUT2D eigenvalue weighted by atomic mass is 19.1. The minimum Gasteiger partial charge on any atom is -0.480 e. The van der Waals surface area contributed by atoms with Gasteiger partial charge in [-0.15, -0.1) is 0 Å². The van der Waals surface area contributed by atoms with E-state index in [1.165, 1.54) is 24.0 Å². The minimum atomic E-state index is -1.14. The van der Waals surface area contributed by atoms with Crippen molar-refractivity contribution in [1.29, 1.82) is 0 Å². The molecule has 0 radical (unpaired) electrons. The predicted molar refractivity (Wildman–Crippen MR) is 76.8 cm³/mol. The van der Waals surface area contributed by atoms with E-state index in [9.17, 15) is 18.8 Å². The van der Waals surface area contributed by atoms with Crippen molar-refractivity contribution in [3.8, 4) is 0 Å². The molecular formula is C15H17FN2O4. The van der Waals surface area contributed by atoms with E-state index >= 15 is 0 Å². The lowest BCUT2D eigenvalue weighted by atomic mass is 10.1. The fraction of sp³-hybridized carbons (Fsp3) is 0.400. The zero-order valence-corrected chi connectivity index (χ0v) is 12.3. The molecule has 1 aliphatic heterocycles. The topological polar surface area (TPSA) is 86.7 Å². The SMILES string of the molecule is Cc1cc(N2CC(C(=O)NC(C)C(=O)O)CC2=O)ccc1F. The molecule has 0 bridgehead atoms. The van der Waals surface area contributed by atoms with Crippen molar-refractivity contribution in [2.75, 3.05) is 11.4 Å². The van der Waals surface area contributed by atoms with Crippen molar-refractivity contribution in [3.63, 3.8) is 0 Å². The maximum absolute atomic E-state index is 13.3. The van der Waals surface area contributed by atoms with Crippen LogP contribution >= 0.6 is 0 Å². The molecule has 118 valence electrons. The lowest BCUT2D eigenvalue weighted by Crippen LogP contribution is -2.42. The summed E-state index contributed by atoms with van der Waals surface area (Å²) in [6, 6.07) is 3.30. The number of carbonyl (C=O) groups excluding carboxylic acids is 2. The average Bonchev–Trinajstić information content (AvgIpc) is 2.84. The van der Waals surface area contributed by atoms with Gasteiger partial charge in [-0.3, -0.25) is 14.4 Å². The summed E-state index contributed by atoms with van der Waals surface area (Å²) < 4.78 is 13.3. The molecule has 2 rings (SSSR count). The van der Waals surface area contributed by atoms with Gasteiger partial charge in [-0.25, -0.2) is 4.39 Å². The highest BCUT2D eigenvalue weighted by molar-refractivity contribution is 6.00. The first-order valence-electron chi connectivity index (χ1n) is 6.89. The number of rotatable bonds is 4. The molecule has 1 aliphatic rings. The number of halogens is 1. The summed E-state index contributed by atoms with van der Waals surface area (Å²) in [5.74, 6) is -2.82. The zero-order chi connectivity index (χ0) is 16.4. The molecule has 0 spiro atoms. The van der Waals surface area contributed by atoms with Crippen LogP contribution in [0, 0.1) is 18.7 Å². The van der Waals surface area contributed by atoms with E-state index in [1.54, 1.807) is 13.0 Å². The molecular weight excluding hydrogens is 291 g/mol. The summed E-state index contributed by atoms with van der Waals surface area (Å²) in [7, 11) is 0. The van der Waals surface area contributed by atoms with E-state index in [0.717, 1.165) is 0 Å². The van der Waals surface area contributed by atoms with Crippen molar-refractivity contribution in [2.24, 2.45) is 5.92 Å². The number of hydrogen-bond donors (Lipinski definition) is 2. The Kier molecular flexibility index (Phi) is 4.44. The number of carboxylic acid groups (broad SMARTS) is 1. The van der Waals surface area contributed by atoms with Crippen LogP contribution in [-0.4, -0.2) is 35.5 Å². The Labute approximate surface area is 126 Å². The number of hydrogen-bond acceptors (Lipinski definition) is 3. The third-order valence-electron chi connectivity index (χ3n) is 3.68. The van der Waals surface area contributed by atoms with Crippen LogP contribution in [0.3, 0.4) is 0 Å². The molecule has 2 amide bonds. The molecule has 0 aromatic heterocycles. The fourth-order valence-electron chi connectivity index (χ4n) is 2.32. The Morgan fingerprint density at radius 3 is 2.73 bits per heavy atom. The standard InChI is InChI=1S/C15H17FN2O4/c1-8-5-11(3-4-12(8)16)18-7-10(6-13(18)19)14(20)17-9(2)15(21)22/h3-5,9-10H,6-7H2,1-2H3,(H,17,20)(H,21,22). The van der Waals surface area contributed by atoms with Crippen molar-refractivity contribution >= 4 is 23.5 Å². The lowest BCUT2D eigenvalue weighted by molar-refractivity contribution is -0.141. The van der Waals surface area contributed by atoms with Gasteiger partial charge >= 0.3 is 5.97 Å². The summed E-state index contributed by atoms with van der Waals surface area (Å²) in [4.78, 5) is 36.2.